The van der Waals surface area contributed by atoms with Crippen LogP contribution >= 0.6 is 0 Å². The van der Waals surface area contributed by atoms with Gasteiger partial charge in [-0.1, -0.05) is 0 Å². The summed E-state index contributed by atoms with van der Waals surface area (Å²) in [6.07, 6.45) is 1.75. The lowest BCUT2D eigenvalue weighted by Gasteiger charge is -1.81. The van der Waals surface area contributed by atoms with Crippen molar-refractivity contribution in [3.05, 3.63) is 0 Å². The lowest BCUT2D eigenvalue weighted by atomic mass is 10.4. The lowest BCUT2D eigenvalue weighted by Crippen LogP contribution is -1.98. The van der Waals surface area contributed by atoms with E-state index in [9.17, 15) is 8.42 Å². The van der Waals surface area contributed by atoms with Gasteiger partial charge in [0.1, 0.15) is 9.84 Å². The summed E-state index contributed by atoms with van der Waals surface area (Å²) in [6.45, 7) is 1.93. The Balaban J connectivity index is 0.000000236. The SMILES string of the molecule is CCO.O=S1(=O)CCCC1. The van der Waals surface area contributed by atoms with E-state index in [1.807, 2.05) is 0 Å². The third-order valence-electron chi connectivity index (χ3n) is 1.16. The largest absolute Gasteiger partial charge is 0.397 e. The van der Waals surface area contributed by atoms with Gasteiger partial charge in [0, 0.05) is 6.61 Å². The molecule has 10 heavy (non-hydrogen) atoms. The molecule has 0 atom stereocenters. The van der Waals surface area contributed by atoms with Gasteiger partial charge < -0.3 is 5.11 Å². The molecule has 1 aliphatic rings. The van der Waals surface area contributed by atoms with Gasteiger partial charge in [0.05, 0.1) is 11.5 Å². The summed E-state index contributed by atoms with van der Waals surface area (Å²) in [6, 6.07) is 0. The summed E-state index contributed by atoms with van der Waals surface area (Å²) in [5.74, 6) is 0.847. The van der Waals surface area contributed by atoms with E-state index in [1.54, 1.807) is 6.92 Å². The number of rotatable bonds is 0. The molecule has 1 fully saturated rings. The van der Waals surface area contributed by atoms with Crippen molar-refractivity contribution in [1.29, 1.82) is 0 Å². The number of aliphatic hydroxyl groups excluding tert-OH is 1. The van der Waals surface area contributed by atoms with Crippen LogP contribution in [-0.4, -0.2) is 31.6 Å². The van der Waals surface area contributed by atoms with Crippen LogP contribution < -0.4 is 0 Å². The van der Waals surface area contributed by atoms with Crippen molar-refractivity contribution in [2.75, 3.05) is 18.1 Å². The molecule has 62 valence electrons. The Morgan fingerprint density at radius 2 is 1.60 bits per heavy atom. The van der Waals surface area contributed by atoms with Crippen molar-refractivity contribution < 1.29 is 13.5 Å². The number of hydrogen-bond acceptors (Lipinski definition) is 3. The molecule has 0 aromatic rings. The maximum Gasteiger partial charge on any atom is 0.150 e. The van der Waals surface area contributed by atoms with E-state index in [2.05, 4.69) is 0 Å². The van der Waals surface area contributed by atoms with Gasteiger partial charge in [-0.3, -0.25) is 0 Å². The molecule has 0 aliphatic carbocycles. The highest BCUT2D eigenvalue weighted by Gasteiger charge is 2.16. The van der Waals surface area contributed by atoms with E-state index < -0.39 is 9.84 Å². The fourth-order valence-corrected chi connectivity index (χ4v) is 2.24. The van der Waals surface area contributed by atoms with Crippen molar-refractivity contribution in [3.63, 3.8) is 0 Å². The molecule has 1 N–H and O–H groups in total. The summed E-state index contributed by atoms with van der Waals surface area (Å²) in [5, 5.41) is 7.57. The first-order valence-electron chi connectivity index (χ1n) is 3.43. The van der Waals surface area contributed by atoms with Gasteiger partial charge in [0.25, 0.3) is 0 Å². The van der Waals surface area contributed by atoms with Crippen molar-refractivity contribution in [2.45, 2.75) is 19.8 Å². The minimum Gasteiger partial charge on any atom is -0.397 e. The van der Waals surface area contributed by atoms with Crippen LogP contribution in [0.4, 0.5) is 0 Å². The first kappa shape index (κ1) is 9.91. The molecule has 1 rings (SSSR count). The third kappa shape index (κ3) is 4.76. The fourth-order valence-electron chi connectivity index (χ4n) is 0.746. The second-order valence-electron chi connectivity index (χ2n) is 2.18. The average Bonchev–Trinajstić information content (AvgIpc) is 2.16. The Morgan fingerprint density at radius 1 is 1.30 bits per heavy atom. The summed E-state index contributed by atoms with van der Waals surface area (Å²) >= 11 is 0. The molecule has 1 aliphatic heterocycles. The van der Waals surface area contributed by atoms with Crippen LogP contribution in [0.3, 0.4) is 0 Å². The van der Waals surface area contributed by atoms with E-state index in [-0.39, 0.29) is 6.61 Å². The molecule has 0 unspecified atom stereocenters. The van der Waals surface area contributed by atoms with Crippen LogP contribution in [0.1, 0.15) is 19.8 Å². The Hall–Kier alpha value is -0.0900. The highest BCUT2D eigenvalue weighted by Crippen LogP contribution is 2.08. The molecule has 3 nitrogen and oxygen atoms in total. The zero-order valence-corrected chi connectivity index (χ0v) is 7.02. The highest BCUT2D eigenvalue weighted by molar-refractivity contribution is 7.91. The van der Waals surface area contributed by atoms with Crippen molar-refractivity contribution in [3.8, 4) is 0 Å². The highest BCUT2D eigenvalue weighted by atomic mass is 32.2. The minimum absolute atomic E-state index is 0.250. The molecule has 0 saturated carbocycles. The summed E-state index contributed by atoms with van der Waals surface area (Å²) in [4.78, 5) is 0. The number of sulfone groups is 1. The smallest absolute Gasteiger partial charge is 0.150 e. The van der Waals surface area contributed by atoms with Gasteiger partial charge in [0.15, 0.2) is 0 Å². The van der Waals surface area contributed by atoms with Crippen LogP contribution in [0.5, 0.6) is 0 Å². The van der Waals surface area contributed by atoms with Gasteiger partial charge >= 0.3 is 0 Å². The van der Waals surface area contributed by atoms with Crippen LogP contribution in [0.15, 0.2) is 0 Å². The maximum atomic E-state index is 10.4. The first-order chi connectivity index (χ1) is 4.62. The number of hydrogen-bond donors (Lipinski definition) is 1. The Labute approximate surface area is 62.0 Å². The molecule has 0 radical (unpaired) electrons. The van der Waals surface area contributed by atoms with Crippen LogP contribution in [0.2, 0.25) is 0 Å². The van der Waals surface area contributed by atoms with E-state index in [1.165, 1.54) is 0 Å². The fraction of sp³-hybridized carbons (Fsp3) is 1.00. The Morgan fingerprint density at radius 3 is 1.70 bits per heavy atom. The second-order valence-corrected chi connectivity index (χ2v) is 4.48. The molecule has 1 saturated heterocycles. The molecule has 4 heteroatoms. The van der Waals surface area contributed by atoms with Gasteiger partial charge in [-0.15, -0.1) is 0 Å². The van der Waals surface area contributed by atoms with Gasteiger partial charge in [-0.05, 0) is 19.8 Å². The second kappa shape index (κ2) is 4.68. The predicted molar refractivity (Wildman–Crippen MR) is 40.6 cm³/mol. The monoisotopic (exact) mass is 166 g/mol. The maximum absolute atomic E-state index is 10.4. The van der Waals surface area contributed by atoms with Gasteiger partial charge in [-0.2, -0.15) is 0 Å². The van der Waals surface area contributed by atoms with E-state index in [0.29, 0.717) is 11.5 Å². The van der Waals surface area contributed by atoms with Crippen LogP contribution in [-0.2, 0) is 9.84 Å². The van der Waals surface area contributed by atoms with E-state index in [4.69, 9.17) is 5.11 Å². The van der Waals surface area contributed by atoms with E-state index >= 15 is 0 Å². The normalized spacial score (nSPS) is 21.4. The van der Waals surface area contributed by atoms with Gasteiger partial charge in [0.2, 0.25) is 0 Å². The number of aliphatic hydroxyl groups is 1. The molecule has 1 heterocycles. The third-order valence-corrected chi connectivity index (χ3v) is 2.98. The average molecular weight is 166 g/mol. The molecule has 0 aromatic heterocycles. The predicted octanol–water partition coefficient (Wildman–Crippen LogP) is 0.194. The molecular weight excluding hydrogens is 152 g/mol. The van der Waals surface area contributed by atoms with Crippen molar-refractivity contribution in [1.82, 2.24) is 0 Å². The minimum atomic E-state index is -2.55. The first-order valence-corrected chi connectivity index (χ1v) is 5.26. The summed E-state index contributed by atoms with van der Waals surface area (Å²) in [7, 11) is -2.55. The molecular formula is C6H14O3S. The Kier molecular flexibility index (Phi) is 4.64. The summed E-state index contributed by atoms with van der Waals surface area (Å²) < 4.78 is 20.9. The van der Waals surface area contributed by atoms with E-state index in [0.717, 1.165) is 12.8 Å². The topological polar surface area (TPSA) is 54.4 Å². The summed E-state index contributed by atoms with van der Waals surface area (Å²) in [5.41, 5.74) is 0. The zero-order chi connectivity index (χ0) is 8.04. The molecule has 0 spiro atoms. The van der Waals surface area contributed by atoms with Crippen molar-refractivity contribution in [2.24, 2.45) is 0 Å². The van der Waals surface area contributed by atoms with Crippen LogP contribution in [0, 0.1) is 0 Å². The molecule has 0 bridgehead atoms. The zero-order valence-electron chi connectivity index (χ0n) is 6.21. The lowest BCUT2D eigenvalue weighted by molar-refractivity contribution is 0.318. The standard InChI is InChI=1S/C4H8O2S.C2H6O/c5-7(6)3-1-2-4-7;1-2-3/h1-4H2;3H,2H2,1H3. The Bertz CT molecular complexity index is 148. The van der Waals surface area contributed by atoms with Crippen molar-refractivity contribution >= 4 is 9.84 Å². The molecule has 0 amide bonds. The van der Waals surface area contributed by atoms with Crippen LogP contribution in [0.25, 0.3) is 0 Å². The quantitative estimate of drug-likeness (QED) is 0.559. The van der Waals surface area contributed by atoms with Gasteiger partial charge in [-0.25, -0.2) is 8.42 Å². The molecule has 0 aromatic carbocycles.